The molecule has 2 heterocycles. The number of carbonyl (C=O) groups excluding carboxylic acids is 1. The van der Waals surface area contributed by atoms with E-state index in [9.17, 15) is 4.79 Å². The van der Waals surface area contributed by atoms with Gasteiger partial charge in [-0.2, -0.15) is 0 Å². The van der Waals surface area contributed by atoms with Crippen LogP contribution < -0.4 is 5.32 Å². The number of benzene rings is 1. The number of nitrogens with zero attached hydrogens (tertiary/aromatic N) is 3. The van der Waals surface area contributed by atoms with Gasteiger partial charge in [0.1, 0.15) is 5.76 Å². The zero-order chi connectivity index (χ0) is 20.6. The highest BCUT2D eigenvalue weighted by atomic mass is 35.5. The molecule has 9 heteroatoms. The normalized spacial score (nSPS) is 12.3. The number of H-pyrrole nitrogens is 1. The molecule has 0 bridgehead atoms. The number of nitrogens with one attached hydrogen (secondary N) is 2. The number of hydrogen-bond acceptors (Lipinski definition) is 6. The monoisotopic (exact) mass is 433 g/mol. The van der Waals surface area contributed by atoms with Crippen molar-refractivity contribution in [2.24, 2.45) is 0 Å². The van der Waals surface area contributed by atoms with Crippen LogP contribution in [-0.2, 0) is 4.79 Å². The minimum atomic E-state index is -0.0726. The smallest absolute Gasteiger partial charge is 0.230 e. The second-order valence-corrected chi connectivity index (χ2v) is 7.70. The summed E-state index contributed by atoms with van der Waals surface area (Å²) in [6, 6.07) is 11.1. The Morgan fingerprint density at radius 2 is 2.03 bits per heavy atom. The maximum Gasteiger partial charge on any atom is 0.230 e. The van der Waals surface area contributed by atoms with E-state index in [1.807, 2.05) is 24.3 Å². The molecule has 0 spiro atoms. The zero-order valence-corrected chi connectivity index (χ0v) is 18.0. The second-order valence-electron chi connectivity index (χ2n) is 6.32. The first kappa shape index (κ1) is 21.4. The van der Waals surface area contributed by atoms with E-state index in [0.29, 0.717) is 22.5 Å². The van der Waals surface area contributed by atoms with Crippen molar-refractivity contribution in [3.8, 4) is 11.4 Å². The highest BCUT2D eigenvalue weighted by Gasteiger charge is 2.21. The number of thioether (sulfide) groups is 1. The van der Waals surface area contributed by atoms with Crippen molar-refractivity contribution in [1.29, 1.82) is 0 Å². The molecule has 3 aromatic rings. The molecule has 0 fully saturated rings. The molecule has 0 aliphatic carbocycles. The highest BCUT2D eigenvalue weighted by Crippen LogP contribution is 2.22. The van der Waals surface area contributed by atoms with E-state index in [4.69, 9.17) is 16.0 Å². The fraction of sp³-hybridized carbons (Fsp3) is 0.350. The molecule has 0 aliphatic heterocycles. The lowest BCUT2D eigenvalue weighted by Gasteiger charge is -2.28. The van der Waals surface area contributed by atoms with E-state index < -0.39 is 0 Å². The van der Waals surface area contributed by atoms with E-state index in [-0.39, 0.29) is 17.7 Å². The topological polar surface area (TPSA) is 87.0 Å². The Balaban J connectivity index is 1.52. The lowest BCUT2D eigenvalue weighted by atomic mass is 10.2. The number of furan rings is 1. The molecule has 1 aromatic carbocycles. The first-order valence-corrected chi connectivity index (χ1v) is 10.8. The lowest BCUT2D eigenvalue weighted by Crippen LogP contribution is -2.38. The summed E-state index contributed by atoms with van der Waals surface area (Å²) in [5, 5.41) is 11.2. The van der Waals surface area contributed by atoms with Crippen LogP contribution in [0.1, 0.15) is 25.6 Å². The molecule has 0 radical (unpaired) electrons. The van der Waals surface area contributed by atoms with Gasteiger partial charge in [0.25, 0.3) is 0 Å². The Labute approximate surface area is 179 Å². The van der Waals surface area contributed by atoms with Gasteiger partial charge in [0, 0.05) is 17.1 Å². The van der Waals surface area contributed by atoms with Gasteiger partial charge in [0.15, 0.2) is 5.82 Å². The Kier molecular flexibility index (Phi) is 7.74. The summed E-state index contributed by atoms with van der Waals surface area (Å²) >= 11 is 7.20. The molecule has 154 valence electrons. The van der Waals surface area contributed by atoms with Crippen molar-refractivity contribution >= 4 is 29.3 Å². The average Bonchev–Trinajstić information content (AvgIpc) is 3.42. The number of amides is 1. The van der Waals surface area contributed by atoms with Gasteiger partial charge in [-0.25, -0.2) is 4.98 Å². The van der Waals surface area contributed by atoms with Crippen LogP contribution in [0.2, 0.25) is 5.02 Å². The van der Waals surface area contributed by atoms with Gasteiger partial charge in [0.05, 0.1) is 18.1 Å². The quantitative estimate of drug-likeness (QED) is 0.470. The van der Waals surface area contributed by atoms with Crippen molar-refractivity contribution in [1.82, 2.24) is 25.4 Å². The molecule has 29 heavy (non-hydrogen) atoms. The minimum Gasteiger partial charge on any atom is -0.468 e. The van der Waals surface area contributed by atoms with Gasteiger partial charge in [-0.1, -0.05) is 37.2 Å². The Hall–Kier alpha value is -2.29. The first-order chi connectivity index (χ1) is 14.1. The minimum absolute atomic E-state index is 0.00830. The third-order valence-corrected chi connectivity index (χ3v) is 5.63. The van der Waals surface area contributed by atoms with E-state index in [2.05, 4.69) is 39.2 Å². The Bertz CT molecular complexity index is 894. The summed E-state index contributed by atoms with van der Waals surface area (Å²) < 4.78 is 5.56. The van der Waals surface area contributed by atoms with Crippen LogP contribution >= 0.6 is 23.4 Å². The van der Waals surface area contributed by atoms with Crippen LogP contribution in [0, 0.1) is 0 Å². The van der Waals surface area contributed by atoms with Crippen molar-refractivity contribution in [3.63, 3.8) is 0 Å². The van der Waals surface area contributed by atoms with Crippen molar-refractivity contribution in [3.05, 3.63) is 53.4 Å². The third-order valence-electron chi connectivity index (χ3n) is 4.53. The number of rotatable bonds is 10. The summed E-state index contributed by atoms with van der Waals surface area (Å²) in [4.78, 5) is 19.0. The van der Waals surface area contributed by atoms with Gasteiger partial charge in [-0.3, -0.25) is 14.8 Å². The number of aromatic nitrogens is 3. The predicted molar refractivity (Wildman–Crippen MR) is 115 cm³/mol. The van der Waals surface area contributed by atoms with E-state index in [0.717, 1.165) is 24.4 Å². The summed E-state index contributed by atoms with van der Waals surface area (Å²) in [5.74, 6) is 1.66. The van der Waals surface area contributed by atoms with Gasteiger partial charge >= 0.3 is 0 Å². The van der Waals surface area contributed by atoms with Crippen LogP contribution in [0.4, 0.5) is 0 Å². The van der Waals surface area contributed by atoms with Crippen molar-refractivity contribution in [2.45, 2.75) is 25.0 Å². The molecule has 0 saturated heterocycles. The van der Waals surface area contributed by atoms with Crippen LogP contribution in [0.3, 0.4) is 0 Å². The molecule has 0 unspecified atom stereocenters. The largest absolute Gasteiger partial charge is 0.468 e. The standard InChI is InChI=1S/C20H24ClN5O2S/c1-3-26(4-2)16(17-6-5-11-28-17)12-22-18(27)13-29-20-23-19(24-25-20)14-7-9-15(21)10-8-14/h5-11,16H,3-4,12-13H2,1-2H3,(H,22,27)(H,23,24,25)/t16-/m0/s1. The lowest BCUT2D eigenvalue weighted by molar-refractivity contribution is -0.118. The highest BCUT2D eigenvalue weighted by molar-refractivity contribution is 7.99. The molecule has 2 aromatic heterocycles. The molecule has 1 atom stereocenters. The van der Waals surface area contributed by atoms with Crippen LogP contribution in [-0.4, -0.2) is 51.4 Å². The number of hydrogen-bond donors (Lipinski definition) is 2. The number of aromatic amines is 1. The summed E-state index contributed by atoms with van der Waals surface area (Å²) in [7, 11) is 0. The van der Waals surface area contributed by atoms with Crippen LogP contribution in [0.15, 0.2) is 52.2 Å². The summed E-state index contributed by atoms with van der Waals surface area (Å²) in [5.41, 5.74) is 0.888. The van der Waals surface area contributed by atoms with Gasteiger partial charge in [-0.05, 0) is 49.5 Å². The maximum absolute atomic E-state index is 12.3. The third kappa shape index (κ3) is 5.85. The summed E-state index contributed by atoms with van der Waals surface area (Å²) in [6.07, 6.45) is 1.66. The number of likely N-dealkylation sites (N-methyl/N-ethyl adjacent to an activating group) is 1. The molecule has 7 nitrogen and oxygen atoms in total. The van der Waals surface area contributed by atoms with Crippen molar-refractivity contribution < 1.29 is 9.21 Å². The van der Waals surface area contributed by atoms with E-state index >= 15 is 0 Å². The van der Waals surface area contributed by atoms with Crippen LogP contribution in [0.5, 0.6) is 0 Å². The maximum atomic E-state index is 12.3. The predicted octanol–water partition coefficient (Wildman–Crippen LogP) is 4.01. The fourth-order valence-corrected chi connectivity index (χ4v) is 3.75. The van der Waals surface area contributed by atoms with Gasteiger partial charge < -0.3 is 9.73 Å². The fourth-order valence-electron chi connectivity index (χ4n) is 2.99. The molecule has 0 aliphatic rings. The van der Waals surface area contributed by atoms with Crippen LogP contribution in [0.25, 0.3) is 11.4 Å². The van der Waals surface area contributed by atoms with Gasteiger partial charge in [-0.15, -0.1) is 5.10 Å². The molecular weight excluding hydrogens is 410 g/mol. The Morgan fingerprint density at radius 3 is 2.69 bits per heavy atom. The Morgan fingerprint density at radius 1 is 1.28 bits per heavy atom. The zero-order valence-electron chi connectivity index (χ0n) is 16.4. The average molecular weight is 434 g/mol. The molecule has 3 rings (SSSR count). The molecule has 0 saturated carbocycles. The number of carbonyl (C=O) groups is 1. The second kappa shape index (κ2) is 10.5. The first-order valence-electron chi connectivity index (χ1n) is 9.46. The molecular formula is C20H24ClN5O2S. The summed E-state index contributed by atoms with van der Waals surface area (Å²) in [6.45, 7) is 6.42. The van der Waals surface area contributed by atoms with E-state index in [1.165, 1.54) is 11.8 Å². The SMILES string of the molecule is CCN(CC)[C@@H](CNC(=O)CSc1n[nH]c(-c2ccc(Cl)cc2)n1)c1ccco1. The molecule has 1 amide bonds. The number of halogens is 1. The molecule has 2 N–H and O–H groups in total. The van der Waals surface area contributed by atoms with E-state index in [1.54, 1.807) is 18.4 Å². The van der Waals surface area contributed by atoms with Crippen molar-refractivity contribution in [2.75, 3.05) is 25.4 Å². The van der Waals surface area contributed by atoms with Gasteiger partial charge in [0.2, 0.25) is 11.1 Å².